The molecule has 3 aromatic rings. The van der Waals surface area contributed by atoms with Crippen LogP contribution in [-0.4, -0.2) is 54.0 Å². The SMILES string of the molecule is CCOC(=O)CC(CCc1cn[nH]n1)c1ccc(C)c(CN2C[C@@H](C)Oc3ccccc3S2(O)O)c1. The summed E-state index contributed by atoms with van der Waals surface area (Å²) in [7, 11) is -3.25. The van der Waals surface area contributed by atoms with Gasteiger partial charge in [0.15, 0.2) is 0 Å². The normalized spacial score (nSPS) is 19.0. The fourth-order valence-electron chi connectivity index (χ4n) is 4.49. The summed E-state index contributed by atoms with van der Waals surface area (Å²) < 4.78 is 35.5. The first kappa shape index (κ1) is 26.2. The highest BCUT2D eigenvalue weighted by atomic mass is 32.3. The zero-order chi connectivity index (χ0) is 25.7. The maximum absolute atomic E-state index is 12.4. The lowest BCUT2D eigenvalue weighted by molar-refractivity contribution is -0.143. The molecule has 2 atom stereocenters. The van der Waals surface area contributed by atoms with E-state index in [1.807, 2.05) is 32.0 Å². The van der Waals surface area contributed by atoms with Gasteiger partial charge in [-0.05, 0) is 68.4 Å². The number of fused-ring (bicyclic) bond motifs is 1. The summed E-state index contributed by atoms with van der Waals surface area (Å²) in [6.07, 6.45) is 3.09. The second-order valence-corrected chi connectivity index (χ2v) is 11.1. The maximum atomic E-state index is 12.4. The number of hydrogen-bond acceptors (Lipinski definition) is 8. The molecule has 3 N–H and O–H groups in total. The predicted molar refractivity (Wildman–Crippen MR) is 138 cm³/mol. The third-order valence-electron chi connectivity index (χ3n) is 6.42. The minimum absolute atomic E-state index is 0.0763. The Kier molecular flexibility index (Phi) is 8.30. The van der Waals surface area contributed by atoms with E-state index in [0.29, 0.717) is 43.2 Å². The van der Waals surface area contributed by atoms with Crippen LogP contribution in [0.25, 0.3) is 0 Å². The van der Waals surface area contributed by atoms with Crippen LogP contribution in [0.1, 0.15) is 55.0 Å². The zero-order valence-electron chi connectivity index (χ0n) is 20.9. The predicted octanol–water partition coefficient (Wildman–Crippen LogP) is 5.09. The molecule has 36 heavy (non-hydrogen) atoms. The molecular formula is C26H34N4O5S. The number of carbonyl (C=O) groups excluding carboxylic acids is 1. The average Bonchev–Trinajstić information content (AvgIpc) is 3.34. The number of ether oxygens (including phenoxy) is 2. The van der Waals surface area contributed by atoms with E-state index in [4.69, 9.17) is 9.47 Å². The van der Waals surface area contributed by atoms with Gasteiger partial charge in [-0.15, -0.1) is 10.8 Å². The molecule has 0 saturated carbocycles. The second-order valence-electron chi connectivity index (χ2n) is 9.11. The van der Waals surface area contributed by atoms with Crippen LogP contribution in [-0.2, 0) is 22.5 Å². The summed E-state index contributed by atoms with van der Waals surface area (Å²) in [5.74, 6) is 0.182. The van der Waals surface area contributed by atoms with Crippen molar-refractivity contribution in [2.24, 2.45) is 0 Å². The lowest BCUT2D eigenvalue weighted by atomic mass is 9.88. The van der Waals surface area contributed by atoms with Gasteiger partial charge in [0.2, 0.25) is 0 Å². The van der Waals surface area contributed by atoms with E-state index in [1.54, 1.807) is 35.6 Å². The summed E-state index contributed by atoms with van der Waals surface area (Å²) in [6.45, 7) is 6.76. The largest absolute Gasteiger partial charge is 0.487 e. The molecule has 194 valence electrons. The Labute approximate surface area is 213 Å². The number of rotatable bonds is 9. The third-order valence-corrected chi connectivity index (χ3v) is 8.34. The number of esters is 1. The molecule has 1 aromatic heterocycles. The van der Waals surface area contributed by atoms with E-state index < -0.39 is 10.8 Å². The first-order chi connectivity index (χ1) is 17.3. The maximum Gasteiger partial charge on any atom is 0.306 e. The number of aromatic amines is 1. The van der Waals surface area contributed by atoms with Crippen molar-refractivity contribution in [3.63, 3.8) is 0 Å². The Bertz CT molecular complexity index is 1170. The van der Waals surface area contributed by atoms with E-state index in [1.165, 1.54) is 0 Å². The summed E-state index contributed by atoms with van der Waals surface area (Å²) in [5.41, 5.74) is 3.84. The van der Waals surface area contributed by atoms with Gasteiger partial charge in [0.25, 0.3) is 0 Å². The van der Waals surface area contributed by atoms with Crippen LogP contribution in [0.5, 0.6) is 5.75 Å². The van der Waals surface area contributed by atoms with Crippen molar-refractivity contribution in [1.82, 2.24) is 19.7 Å². The molecule has 0 aliphatic carbocycles. The van der Waals surface area contributed by atoms with E-state index >= 15 is 0 Å². The molecule has 0 saturated heterocycles. The van der Waals surface area contributed by atoms with Crippen LogP contribution in [0.15, 0.2) is 53.6 Å². The van der Waals surface area contributed by atoms with Crippen LogP contribution in [0.4, 0.5) is 0 Å². The Balaban J connectivity index is 1.61. The van der Waals surface area contributed by atoms with Gasteiger partial charge in [-0.3, -0.25) is 13.9 Å². The van der Waals surface area contributed by atoms with E-state index in [0.717, 1.165) is 22.4 Å². The highest BCUT2D eigenvalue weighted by molar-refractivity contribution is 8.22. The number of benzene rings is 2. The van der Waals surface area contributed by atoms with Crippen molar-refractivity contribution < 1.29 is 23.4 Å². The molecular weight excluding hydrogens is 480 g/mol. The molecule has 4 rings (SSSR count). The molecule has 0 amide bonds. The van der Waals surface area contributed by atoms with E-state index in [2.05, 4.69) is 21.5 Å². The van der Waals surface area contributed by atoms with Gasteiger partial charge in [0.1, 0.15) is 16.7 Å². The molecule has 2 heterocycles. The molecule has 1 unspecified atom stereocenters. The van der Waals surface area contributed by atoms with E-state index in [-0.39, 0.29) is 24.4 Å². The van der Waals surface area contributed by atoms with Crippen LogP contribution in [0, 0.1) is 6.92 Å². The molecule has 0 spiro atoms. The molecule has 1 aliphatic rings. The molecule has 10 heteroatoms. The van der Waals surface area contributed by atoms with Gasteiger partial charge in [0, 0.05) is 6.54 Å². The van der Waals surface area contributed by atoms with Crippen LogP contribution < -0.4 is 4.74 Å². The van der Waals surface area contributed by atoms with Crippen molar-refractivity contribution in [2.75, 3.05) is 13.2 Å². The summed E-state index contributed by atoms with van der Waals surface area (Å²) >= 11 is 0. The van der Waals surface area contributed by atoms with Crippen molar-refractivity contribution in [3.8, 4) is 5.75 Å². The minimum Gasteiger partial charge on any atom is -0.487 e. The molecule has 0 bridgehead atoms. The average molecular weight is 515 g/mol. The number of nitrogens with zero attached hydrogens (tertiary/aromatic N) is 3. The monoisotopic (exact) mass is 514 g/mol. The lowest BCUT2D eigenvalue weighted by Crippen LogP contribution is -2.33. The third kappa shape index (κ3) is 6.07. The van der Waals surface area contributed by atoms with Crippen molar-refractivity contribution in [3.05, 3.63) is 71.0 Å². The molecule has 1 aliphatic heterocycles. The van der Waals surface area contributed by atoms with Crippen molar-refractivity contribution in [1.29, 1.82) is 0 Å². The highest BCUT2D eigenvalue weighted by Crippen LogP contribution is 2.57. The summed E-state index contributed by atoms with van der Waals surface area (Å²) in [5, 5.41) is 10.6. The quantitative estimate of drug-likeness (QED) is 0.338. The topological polar surface area (TPSA) is 121 Å². The lowest BCUT2D eigenvalue weighted by Gasteiger charge is -2.42. The fourth-order valence-corrected chi connectivity index (χ4v) is 6.16. The van der Waals surface area contributed by atoms with Gasteiger partial charge in [-0.1, -0.05) is 30.3 Å². The number of nitrogens with one attached hydrogen (secondary N) is 1. The van der Waals surface area contributed by atoms with Gasteiger partial charge in [-0.2, -0.15) is 19.7 Å². The fraction of sp³-hybridized carbons (Fsp3) is 0.423. The van der Waals surface area contributed by atoms with Gasteiger partial charge in [-0.25, -0.2) is 0 Å². The van der Waals surface area contributed by atoms with Crippen molar-refractivity contribution in [2.45, 2.75) is 63.5 Å². The standard InChI is InChI=1S/C26H34N4O5S/c1-4-34-26(31)14-21(11-12-23-15-27-29-28-23)20-10-9-18(2)22(13-20)17-30-16-19(3)35-24-7-5-6-8-25(24)36(30,32)33/h5-10,13,15,19,21,32-33H,4,11-12,14,16-17H2,1-3H3,(H,27,28,29)/t19-,21?/m1/s1. The zero-order valence-corrected chi connectivity index (χ0v) is 21.7. The number of aryl methyl sites for hydroxylation is 2. The Morgan fingerprint density at radius 1 is 1.31 bits per heavy atom. The number of H-pyrrole nitrogens is 1. The van der Waals surface area contributed by atoms with Crippen LogP contribution in [0.3, 0.4) is 0 Å². The minimum atomic E-state index is -3.25. The van der Waals surface area contributed by atoms with Crippen LogP contribution >= 0.6 is 10.8 Å². The number of aromatic nitrogens is 3. The molecule has 0 radical (unpaired) electrons. The second kappa shape index (κ2) is 11.4. The molecule has 2 aromatic carbocycles. The number of carbonyl (C=O) groups is 1. The Hall–Kier alpha value is -2.92. The van der Waals surface area contributed by atoms with Gasteiger partial charge < -0.3 is 9.47 Å². The Morgan fingerprint density at radius 2 is 2.11 bits per heavy atom. The molecule has 9 nitrogen and oxygen atoms in total. The van der Waals surface area contributed by atoms with Gasteiger partial charge in [0.05, 0.1) is 31.5 Å². The van der Waals surface area contributed by atoms with Crippen LogP contribution in [0.2, 0.25) is 0 Å². The number of hydrogen-bond donors (Lipinski definition) is 3. The van der Waals surface area contributed by atoms with Gasteiger partial charge >= 0.3 is 5.97 Å². The first-order valence-corrected chi connectivity index (χ1v) is 13.7. The highest BCUT2D eigenvalue weighted by Gasteiger charge is 2.34. The smallest absolute Gasteiger partial charge is 0.306 e. The molecule has 0 fully saturated rings. The number of para-hydroxylation sites is 1. The first-order valence-electron chi connectivity index (χ1n) is 12.2. The Morgan fingerprint density at radius 3 is 2.86 bits per heavy atom. The summed E-state index contributed by atoms with van der Waals surface area (Å²) in [6, 6.07) is 13.2. The summed E-state index contributed by atoms with van der Waals surface area (Å²) in [4.78, 5) is 12.8. The van der Waals surface area contributed by atoms with E-state index in [9.17, 15) is 13.9 Å². The van der Waals surface area contributed by atoms with Crippen molar-refractivity contribution >= 4 is 16.7 Å².